The van der Waals surface area contributed by atoms with Gasteiger partial charge in [-0.05, 0) is 62.1 Å². The van der Waals surface area contributed by atoms with Gasteiger partial charge in [-0.2, -0.15) is 0 Å². The van der Waals surface area contributed by atoms with Crippen molar-refractivity contribution in [2.45, 2.75) is 53.9 Å². The average Bonchev–Trinajstić information content (AvgIpc) is 2.52. The Hall–Kier alpha value is -1.79. The number of benzene rings is 2. The first kappa shape index (κ1) is 19.0. The molecule has 0 saturated carbocycles. The Morgan fingerprint density at radius 2 is 0.962 bits per heavy atom. The number of hydrogen-bond acceptors (Lipinski definition) is 2. The third-order valence-electron chi connectivity index (χ3n) is 6.69. The van der Waals surface area contributed by atoms with Crippen molar-refractivity contribution in [3.8, 4) is 11.1 Å². The van der Waals surface area contributed by atoms with E-state index in [2.05, 4.69) is 50.5 Å². The van der Waals surface area contributed by atoms with E-state index in [4.69, 9.17) is 0 Å². The second-order valence-corrected chi connectivity index (χ2v) is 23.9. The zero-order valence-corrected chi connectivity index (χ0v) is 19.1. The van der Waals surface area contributed by atoms with Gasteiger partial charge in [0.2, 0.25) is 0 Å². The van der Waals surface area contributed by atoms with Gasteiger partial charge in [-0.3, -0.25) is 9.59 Å². The molecule has 0 bridgehead atoms. The molecule has 0 amide bonds. The van der Waals surface area contributed by atoms with Crippen LogP contribution in [-0.4, -0.2) is 26.7 Å². The fourth-order valence-electron chi connectivity index (χ4n) is 4.33. The van der Waals surface area contributed by atoms with Crippen molar-refractivity contribution in [2.75, 3.05) is 0 Å². The molecule has 0 saturated heterocycles. The van der Waals surface area contributed by atoms with Crippen LogP contribution < -0.4 is 10.4 Å². The second-order valence-electron chi connectivity index (χ2n) is 8.79. The summed E-state index contributed by atoms with van der Waals surface area (Å²) in [4.78, 5) is 24.3. The lowest BCUT2D eigenvalue weighted by molar-refractivity contribution is 0.100. The summed E-state index contributed by atoms with van der Waals surface area (Å²) in [6.45, 7) is 17.3. The number of hydrogen-bond donors (Lipinski definition) is 0. The van der Waals surface area contributed by atoms with Gasteiger partial charge in [0.25, 0.3) is 0 Å². The van der Waals surface area contributed by atoms with E-state index in [0.717, 1.165) is 22.3 Å². The fraction of sp³-hybridized carbons (Fsp3) is 0.364. The first-order valence-electron chi connectivity index (χ1n) is 9.22. The molecule has 0 spiro atoms. The van der Waals surface area contributed by atoms with Crippen LogP contribution in [0.3, 0.4) is 0 Å². The Bertz CT molecular complexity index is 889. The number of aryl methyl sites for hydroxylation is 2. The second kappa shape index (κ2) is 5.86. The van der Waals surface area contributed by atoms with Crippen molar-refractivity contribution in [1.82, 2.24) is 0 Å². The van der Waals surface area contributed by atoms with Gasteiger partial charge in [0.15, 0.2) is 11.6 Å². The molecular formula is C22H28O2Si2. The minimum Gasteiger partial charge on any atom is -0.295 e. The van der Waals surface area contributed by atoms with Gasteiger partial charge in [0.1, 0.15) is 0 Å². The van der Waals surface area contributed by atoms with E-state index in [1.54, 1.807) is 13.8 Å². The van der Waals surface area contributed by atoms with Crippen LogP contribution in [0.1, 0.15) is 45.7 Å². The maximum absolute atomic E-state index is 12.1. The van der Waals surface area contributed by atoms with Gasteiger partial charge in [-0.1, -0.05) is 48.7 Å². The van der Waals surface area contributed by atoms with E-state index in [1.807, 2.05) is 13.8 Å². The molecular weight excluding hydrogens is 352 g/mol. The summed E-state index contributed by atoms with van der Waals surface area (Å²) in [5.41, 5.74) is 6.10. The highest BCUT2D eigenvalue weighted by Crippen LogP contribution is 2.35. The zero-order valence-electron chi connectivity index (χ0n) is 17.1. The highest BCUT2D eigenvalue weighted by Gasteiger charge is 2.49. The van der Waals surface area contributed by atoms with Crippen molar-refractivity contribution < 1.29 is 9.59 Å². The minimum atomic E-state index is -1.70. The Morgan fingerprint density at radius 3 is 1.23 bits per heavy atom. The quantitative estimate of drug-likeness (QED) is 0.575. The first-order valence-corrected chi connectivity index (χ1v) is 16.2. The number of carbonyl (C=O) groups is 2. The summed E-state index contributed by atoms with van der Waals surface area (Å²) in [7, 11) is -3.41. The maximum Gasteiger partial charge on any atom is 0.160 e. The van der Waals surface area contributed by atoms with E-state index >= 15 is 0 Å². The highest BCUT2D eigenvalue weighted by molar-refractivity contribution is 7.50. The standard InChI is InChI=1S/C22H28O2Si2/c1-13-9-21-19(11-17(13)15(3)23)20-12-18(16(4)24)14(2)10-22(20)26(7,8)25(21,5)6/h9-12H,1-8H3. The molecule has 0 N–H and O–H groups in total. The molecule has 0 radical (unpaired) electrons. The van der Waals surface area contributed by atoms with Crippen molar-refractivity contribution in [1.29, 1.82) is 0 Å². The van der Waals surface area contributed by atoms with Crippen LogP contribution >= 0.6 is 0 Å². The van der Waals surface area contributed by atoms with Crippen molar-refractivity contribution >= 4 is 37.1 Å². The third kappa shape index (κ3) is 2.50. The molecule has 2 aromatic rings. The molecule has 0 fully saturated rings. The molecule has 26 heavy (non-hydrogen) atoms. The topological polar surface area (TPSA) is 34.1 Å². The minimum absolute atomic E-state index is 0.104. The molecule has 2 nitrogen and oxygen atoms in total. The van der Waals surface area contributed by atoms with Crippen molar-refractivity contribution in [2.24, 2.45) is 0 Å². The number of Topliss-reactive ketones (excluding diaryl/α,β-unsaturated/α-hetero) is 2. The predicted molar refractivity (Wildman–Crippen MR) is 116 cm³/mol. The van der Waals surface area contributed by atoms with Crippen LogP contribution in [0.15, 0.2) is 24.3 Å². The number of fused-ring (bicyclic) bond motifs is 3. The fourth-order valence-corrected chi connectivity index (χ4v) is 13.9. The highest BCUT2D eigenvalue weighted by atomic mass is 29.3. The molecule has 0 aliphatic carbocycles. The molecule has 0 unspecified atom stereocenters. The molecule has 1 aliphatic rings. The molecule has 3 rings (SSSR count). The van der Waals surface area contributed by atoms with E-state index in [0.29, 0.717) is 0 Å². The summed E-state index contributed by atoms with van der Waals surface area (Å²) in [5, 5.41) is 2.89. The smallest absolute Gasteiger partial charge is 0.160 e. The summed E-state index contributed by atoms with van der Waals surface area (Å²) < 4.78 is 0. The monoisotopic (exact) mass is 380 g/mol. The third-order valence-corrected chi connectivity index (χ3v) is 24.3. The van der Waals surface area contributed by atoms with Crippen LogP contribution in [0.2, 0.25) is 26.2 Å². The van der Waals surface area contributed by atoms with Gasteiger partial charge in [0, 0.05) is 11.1 Å². The number of ketones is 2. The Kier molecular flexibility index (Phi) is 4.28. The molecule has 136 valence electrons. The first-order chi connectivity index (χ1) is 11.9. The zero-order chi connectivity index (χ0) is 19.6. The van der Waals surface area contributed by atoms with Gasteiger partial charge in [-0.25, -0.2) is 0 Å². The van der Waals surface area contributed by atoms with E-state index in [1.165, 1.54) is 21.5 Å². The summed E-state index contributed by atoms with van der Waals surface area (Å²) in [5.74, 6) is 0.208. The van der Waals surface area contributed by atoms with Crippen molar-refractivity contribution in [3.05, 3.63) is 46.5 Å². The average molecular weight is 381 g/mol. The Labute approximate surface area is 158 Å². The van der Waals surface area contributed by atoms with Gasteiger partial charge in [-0.15, -0.1) is 0 Å². The van der Waals surface area contributed by atoms with Crippen LogP contribution in [0, 0.1) is 13.8 Å². The van der Waals surface area contributed by atoms with Crippen LogP contribution in [-0.2, 0) is 0 Å². The van der Waals surface area contributed by atoms with E-state index < -0.39 is 15.2 Å². The lowest BCUT2D eigenvalue weighted by Gasteiger charge is -2.46. The lowest BCUT2D eigenvalue weighted by atomic mass is 9.94. The largest absolute Gasteiger partial charge is 0.295 e. The molecule has 2 aromatic carbocycles. The SMILES string of the molecule is CC(=O)c1cc2c(cc1C)[Si](C)(C)[Si](C)(C)c1cc(C)c(C(C)=O)cc1-2. The summed E-state index contributed by atoms with van der Waals surface area (Å²) in [6, 6.07) is 8.71. The Morgan fingerprint density at radius 1 is 0.654 bits per heavy atom. The van der Waals surface area contributed by atoms with Gasteiger partial charge < -0.3 is 0 Å². The molecule has 0 aromatic heterocycles. The van der Waals surface area contributed by atoms with Crippen molar-refractivity contribution in [3.63, 3.8) is 0 Å². The van der Waals surface area contributed by atoms with Crippen LogP contribution in [0.25, 0.3) is 11.1 Å². The number of rotatable bonds is 2. The van der Waals surface area contributed by atoms with Gasteiger partial charge in [0.05, 0.1) is 15.2 Å². The molecule has 1 aliphatic heterocycles. The number of carbonyl (C=O) groups excluding carboxylic acids is 2. The summed E-state index contributed by atoms with van der Waals surface area (Å²) >= 11 is 0. The molecule has 0 atom stereocenters. The van der Waals surface area contributed by atoms with E-state index in [9.17, 15) is 9.59 Å². The van der Waals surface area contributed by atoms with Crippen LogP contribution in [0.4, 0.5) is 0 Å². The predicted octanol–water partition coefficient (Wildman–Crippen LogP) is 4.30. The normalized spacial score (nSPS) is 16.6. The Balaban J connectivity index is 2.48. The van der Waals surface area contributed by atoms with Crippen LogP contribution in [0.5, 0.6) is 0 Å². The van der Waals surface area contributed by atoms with Gasteiger partial charge >= 0.3 is 0 Å². The lowest BCUT2D eigenvalue weighted by Crippen LogP contribution is -2.72. The molecule has 1 heterocycles. The molecule has 4 heteroatoms. The summed E-state index contributed by atoms with van der Waals surface area (Å²) in [6.07, 6.45) is 0. The maximum atomic E-state index is 12.1. The van der Waals surface area contributed by atoms with E-state index in [-0.39, 0.29) is 11.6 Å².